The molecule has 0 aliphatic carbocycles. The van der Waals surface area contributed by atoms with E-state index in [1.54, 1.807) is 17.2 Å². The Morgan fingerprint density at radius 2 is 2.12 bits per heavy atom. The van der Waals surface area contributed by atoms with Crippen LogP contribution in [0.1, 0.15) is 24.1 Å². The molecule has 2 aromatic rings. The van der Waals surface area contributed by atoms with Crippen LogP contribution < -0.4 is 9.46 Å². The summed E-state index contributed by atoms with van der Waals surface area (Å²) in [5.74, 6) is 0.106. The summed E-state index contributed by atoms with van der Waals surface area (Å²) in [4.78, 5) is 18.4. The lowest BCUT2D eigenvalue weighted by Gasteiger charge is -2.22. The van der Waals surface area contributed by atoms with Crippen LogP contribution in [0, 0.1) is 0 Å². The van der Waals surface area contributed by atoms with E-state index in [1.165, 1.54) is 7.11 Å². The lowest BCUT2D eigenvalue weighted by Crippen LogP contribution is -2.38. The van der Waals surface area contributed by atoms with Crippen molar-refractivity contribution in [3.63, 3.8) is 0 Å². The van der Waals surface area contributed by atoms with E-state index in [1.807, 2.05) is 6.92 Å². The fourth-order valence-corrected chi connectivity index (χ4v) is 4.00. The molecule has 1 N–H and O–H groups in total. The van der Waals surface area contributed by atoms with Crippen molar-refractivity contribution in [2.45, 2.75) is 19.5 Å². The molecule has 1 amide bonds. The molecular formula is C16H17Cl2N3O4S. The fourth-order valence-electron chi connectivity index (χ4n) is 3.15. The SMILES string of the molecule is COc1cc2c3c(cnc2c(Cl)c1Cl)CN(C(=O)CNS(C)(=O)=O)[C@H]3C. The summed E-state index contributed by atoms with van der Waals surface area (Å²) in [6.45, 7) is 1.92. The first-order valence-electron chi connectivity index (χ1n) is 7.71. The highest BCUT2D eigenvalue weighted by Crippen LogP contribution is 2.44. The van der Waals surface area contributed by atoms with Gasteiger partial charge in [-0.15, -0.1) is 0 Å². The molecule has 1 atom stereocenters. The number of rotatable bonds is 4. The van der Waals surface area contributed by atoms with Gasteiger partial charge in [0.1, 0.15) is 10.8 Å². The normalized spacial score (nSPS) is 16.8. The molecule has 0 bridgehead atoms. The largest absolute Gasteiger partial charge is 0.495 e. The van der Waals surface area contributed by atoms with Crippen LogP contribution in [0.5, 0.6) is 5.75 Å². The predicted octanol–water partition coefficient (Wildman–Crippen LogP) is 2.50. The molecule has 1 aliphatic heterocycles. The van der Waals surface area contributed by atoms with Crippen LogP contribution in [0.2, 0.25) is 10.0 Å². The number of sulfonamides is 1. The van der Waals surface area contributed by atoms with Gasteiger partial charge in [0.05, 0.1) is 36.5 Å². The van der Waals surface area contributed by atoms with Crippen molar-refractivity contribution in [3.05, 3.63) is 33.4 Å². The number of aromatic nitrogens is 1. The van der Waals surface area contributed by atoms with Gasteiger partial charge in [-0.25, -0.2) is 13.1 Å². The third-order valence-corrected chi connectivity index (χ3v) is 5.89. The van der Waals surface area contributed by atoms with Crippen molar-refractivity contribution < 1.29 is 17.9 Å². The molecule has 2 heterocycles. The Kier molecular flexibility index (Phi) is 5.04. The highest BCUT2D eigenvalue weighted by molar-refractivity contribution is 7.88. The van der Waals surface area contributed by atoms with E-state index in [9.17, 15) is 13.2 Å². The monoisotopic (exact) mass is 417 g/mol. The molecule has 3 rings (SSSR count). The quantitative estimate of drug-likeness (QED) is 0.825. The number of ether oxygens (including phenoxy) is 1. The third kappa shape index (κ3) is 3.34. The first-order chi connectivity index (χ1) is 12.1. The van der Waals surface area contributed by atoms with Crippen LogP contribution in [-0.2, 0) is 21.4 Å². The van der Waals surface area contributed by atoms with Crippen LogP contribution >= 0.6 is 23.2 Å². The van der Waals surface area contributed by atoms with Crippen molar-refractivity contribution in [2.75, 3.05) is 19.9 Å². The van der Waals surface area contributed by atoms with Crippen molar-refractivity contribution >= 4 is 50.0 Å². The minimum Gasteiger partial charge on any atom is -0.495 e. The van der Waals surface area contributed by atoms with E-state index >= 15 is 0 Å². The van der Waals surface area contributed by atoms with Gasteiger partial charge in [-0.3, -0.25) is 9.78 Å². The second-order valence-corrected chi connectivity index (χ2v) is 8.68. The van der Waals surface area contributed by atoms with Crippen molar-refractivity contribution in [3.8, 4) is 5.75 Å². The molecule has 140 valence electrons. The molecule has 0 saturated heterocycles. The minimum absolute atomic E-state index is 0.272. The number of carbonyl (C=O) groups is 1. The molecule has 10 heteroatoms. The van der Waals surface area contributed by atoms with E-state index < -0.39 is 10.0 Å². The number of pyridine rings is 1. The summed E-state index contributed by atoms with van der Waals surface area (Å²) in [7, 11) is -1.95. The smallest absolute Gasteiger partial charge is 0.238 e. The average molecular weight is 418 g/mol. The van der Waals surface area contributed by atoms with Gasteiger partial charge in [-0.05, 0) is 24.1 Å². The first kappa shape index (κ1) is 19.2. The van der Waals surface area contributed by atoms with Gasteiger partial charge < -0.3 is 9.64 Å². The Labute approximate surface area is 161 Å². The Balaban J connectivity index is 2.02. The van der Waals surface area contributed by atoms with Crippen molar-refractivity contribution in [2.24, 2.45) is 0 Å². The van der Waals surface area contributed by atoms with E-state index in [-0.39, 0.29) is 23.5 Å². The Morgan fingerprint density at radius 3 is 2.73 bits per heavy atom. The standard InChI is InChI=1S/C16H17Cl2N3O4S/c1-8-13-9(7-21(8)12(22)6-20-26(3,23)24)5-19-16-10(13)4-11(25-2)14(17)15(16)18/h4-5,8,20H,6-7H2,1-3H3/t8-/m0/s1. The summed E-state index contributed by atoms with van der Waals surface area (Å²) in [6.07, 6.45) is 2.68. The minimum atomic E-state index is -3.45. The molecular weight excluding hydrogens is 401 g/mol. The highest BCUT2D eigenvalue weighted by atomic mass is 35.5. The zero-order chi connectivity index (χ0) is 19.2. The second kappa shape index (κ2) is 6.84. The van der Waals surface area contributed by atoms with Gasteiger partial charge in [0, 0.05) is 18.1 Å². The molecule has 0 saturated carbocycles. The highest BCUT2D eigenvalue weighted by Gasteiger charge is 2.33. The van der Waals surface area contributed by atoms with Crippen molar-refractivity contribution in [1.29, 1.82) is 0 Å². The number of nitrogens with one attached hydrogen (secondary N) is 1. The van der Waals surface area contributed by atoms with Gasteiger partial charge in [0.2, 0.25) is 15.9 Å². The van der Waals surface area contributed by atoms with Gasteiger partial charge in [0.25, 0.3) is 0 Å². The maximum atomic E-state index is 12.5. The Morgan fingerprint density at radius 1 is 1.42 bits per heavy atom. The summed E-state index contributed by atoms with van der Waals surface area (Å²) in [6, 6.07) is 1.49. The number of hydrogen-bond donors (Lipinski definition) is 1. The third-order valence-electron chi connectivity index (χ3n) is 4.38. The number of amides is 1. The average Bonchev–Trinajstić information content (AvgIpc) is 2.92. The molecule has 0 spiro atoms. The van der Waals surface area contributed by atoms with E-state index in [2.05, 4.69) is 9.71 Å². The lowest BCUT2D eigenvalue weighted by atomic mass is 10.0. The maximum Gasteiger partial charge on any atom is 0.238 e. The molecule has 0 fully saturated rings. The number of carbonyl (C=O) groups excluding carboxylic acids is 1. The molecule has 7 nitrogen and oxygen atoms in total. The van der Waals surface area contributed by atoms with Crippen LogP contribution in [0.25, 0.3) is 10.9 Å². The van der Waals surface area contributed by atoms with Gasteiger partial charge >= 0.3 is 0 Å². The van der Waals surface area contributed by atoms with E-state index in [0.717, 1.165) is 22.8 Å². The molecule has 0 unspecified atom stereocenters. The number of methoxy groups -OCH3 is 1. The van der Waals surface area contributed by atoms with E-state index in [0.29, 0.717) is 22.8 Å². The Bertz CT molecular complexity index is 1010. The first-order valence-corrected chi connectivity index (χ1v) is 10.4. The predicted molar refractivity (Wildman–Crippen MR) is 100 cm³/mol. The van der Waals surface area contributed by atoms with Gasteiger partial charge in [-0.1, -0.05) is 23.2 Å². The summed E-state index contributed by atoms with van der Waals surface area (Å²) >= 11 is 12.5. The zero-order valence-corrected chi connectivity index (χ0v) is 16.7. The molecule has 1 aliphatic rings. The van der Waals surface area contributed by atoms with Gasteiger partial charge in [-0.2, -0.15) is 0 Å². The topological polar surface area (TPSA) is 88.6 Å². The summed E-state index contributed by atoms with van der Waals surface area (Å²) in [5.41, 5.74) is 2.31. The van der Waals surface area contributed by atoms with Crippen molar-refractivity contribution in [1.82, 2.24) is 14.6 Å². The zero-order valence-electron chi connectivity index (χ0n) is 14.3. The second-order valence-electron chi connectivity index (χ2n) is 6.09. The maximum absolute atomic E-state index is 12.5. The van der Waals surface area contributed by atoms with Crippen LogP contribution in [-0.4, -0.2) is 44.1 Å². The number of fused-ring (bicyclic) bond motifs is 3. The summed E-state index contributed by atoms with van der Waals surface area (Å²) in [5, 5.41) is 1.33. The van der Waals surface area contributed by atoms with Crippen LogP contribution in [0.3, 0.4) is 0 Å². The number of hydrogen-bond acceptors (Lipinski definition) is 5. The molecule has 1 aromatic heterocycles. The lowest BCUT2D eigenvalue weighted by molar-refractivity contribution is -0.131. The molecule has 26 heavy (non-hydrogen) atoms. The number of benzene rings is 1. The van der Waals surface area contributed by atoms with Crippen LogP contribution in [0.4, 0.5) is 0 Å². The van der Waals surface area contributed by atoms with Gasteiger partial charge in [0.15, 0.2) is 0 Å². The number of nitrogens with zero attached hydrogens (tertiary/aromatic N) is 2. The molecule has 0 radical (unpaired) electrons. The number of halogens is 2. The van der Waals surface area contributed by atoms with Crippen LogP contribution in [0.15, 0.2) is 12.3 Å². The summed E-state index contributed by atoms with van der Waals surface area (Å²) < 4.78 is 30.0. The Hall–Kier alpha value is -1.61. The fraction of sp³-hybridized carbons (Fsp3) is 0.375. The van der Waals surface area contributed by atoms with E-state index in [4.69, 9.17) is 27.9 Å². The molecule has 1 aromatic carbocycles.